The van der Waals surface area contributed by atoms with Crippen molar-refractivity contribution in [2.24, 2.45) is 11.7 Å². The van der Waals surface area contributed by atoms with Gasteiger partial charge in [0.2, 0.25) is 17.7 Å². The van der Waals surface area contributed by atoms with Crippen LogP contribution < -0.4 is 21.7 Å². The van der Waals surface area contributed by atoms with E-state index in [0.29, 0.717) is 11.4 Å². The molecule has 1 rings (SSSR count). The summed E-state index contributed by atoms with van der Waals surface area (Å²) in [4.78, 5) is 55.7. The van der Waals surface area contributed by atoms with Gasteiger partial charge in [-0.3, -0.25) is 14.4 Å². The molecule has 8 N–H and O–H groups in total. The predicted molar refractivity (Wildman–Crippen MR) is 119 cm³/mol. The Kier molecular flexibility index (Phi) is 11.7. The number of hydrogen-bond donors (Lipinski definition) is 7. The number of nitrogens with zero attached hydrogens (tertiary/aromatic N) is 1. The van der Waals surface area contributed by atoms with E-state index in [4.69, 9.17) is 5.73 Å². The number of thioether (sulfide) groups is 1. The highest BCUT2D eigenvalue weighted by Gasteiger charge is 2.30. The second-order valence-electron chi connectivity index (χ2n) is 7.54. The zero-order chi connectivity index (χ0) is 24.3. The van der Waals surface area contributed by atoms with E-state index in [1.807, 2.05) is 6.26 Å². The van der Waals surface area contributed by atoms with Crippen molar-refractivity contribution in [2.75, 3.05) is 18.6 Å². The maximum Gasteiger partial charge on any atom is 0.326 e. The quantitative estimate of drug-likeness (QED) is 0.163. The van der Waals surface area contributed by atoms with Crippen LogP contribution >= 0.6 is 11.8 Å². The summed E-state index contributed by atoms with van der Waals surface area (Å²) in [6.45, 7) is 2.78. The van der Waals surface area contributed by atoms with E-state index in [1.165, 1.54) is 24.3 Å². The third kappa shape index (κ3) is 8.85. The van der Waals surface area contributed by atoms with E-state index >= 15 is 0 Å². The van der Waals surface area contributed by atoms with E-state index in [-0.39, 0.29) is 18.8 Å². The van der Waals surface area contributed by atoms with Crippen LogP contribution in [0.1, 0.15) is 26.0 Å². The molecule has 4 atom stereocenters. The fourth-order valence-corrected chi connectivity index (χ4v) is 3.10. The van der Waals surface area contributed by atoms with Crippen LogP contribution in [0.5, 0.6) is 0 Å². The van der Waals surface area contributed by atoms with Crippen molar-refractivity contribution < 1.29 is 29.4 Å². The highest BCUT2D eigenvalue weighted by atomic mass is 32.2. The van der Waals surface area contributed by atoms with E-state index in [1.54, 1.807) is 13.8 Å². The minimum absolute atomic E-state index is 0.0212. The van der Waals surface area contributed by atoms with Gasteiger partial charge in [0, 0.05) is 18.3 Å². The molecule has 12 nitrogen and oxygen atoms in total. The maximum absolute atomic E-state index is 12.8. The highest BCUT2D eigenvalue weighted by Crippen LogP contribution is 2.05. The topological polar surface area (TPSA) is 200 Å². The van der Waals surface area contributed by atoms with Gasteiger partial charge in [-0.2, -0.15) is 11.8 Å². The largest absolute Gasteiger partial charge is 0.480 e. The van der Waals surface area contributed by atoms with E-state index in [9.17, 15) is 29.4 Å². The van der Waals surface area contributed by atoms with Crippen molar-refractivity contribution in [3.63, 3.8) is 0 Å². The van der Waals surface area contributed by atoms with Gasteiger partial charge in [0.15, 0.2) is 0 Å². The van der Waals surface area contributed by atoms with Crippen LogP contribution in [0.4, 0.5) is 0 Å². The number of aromatic amines is 1. The van der Waals surface area contributed by atoms with Gasteiger partial charge in [-0.15, -0.1) is 0 Å². The summed E-state index contributed by atoms with van der Waals surface area (Å²) in [7, 11) is 0. The Morgan fingerprint density at radius 3 is 2.19 bits per heavy atom. The van der Waals surface area contributed by atoms with E-state index in [0.717, 1.165) is 0 Å². The summed E-state index contributed by atoms with van der Waals surface area (Å²) in [5.41, 5.74) is 6.28. The lowest BCUT2D eigenvalue weighted by molar-refractivity contribution is -0.142. The number of carbonyl (C=O) groups excluding carboxylic acids is 3. The second kappa shape index (κ2) is 13.7. The zero-order valence-electron chi connectivity index (χ0n) is 18.3. The molecule has 180 valence electrons. The molecule has 1 aromatic rings. The van der Waals surface area contributed by atoms with Gasteiger partial charge in [-0.25, -0.2) is 9.78 Å². The Morgan fingerprint density at radius 1 is 1.09 bits per heavy atom. The molecule has 0 saturated carbocycles. The number of nitrogens with one attached hydrogen (secondary N) is 4. The predicted octanol–water partition coefficient (Wildman–Crippen LogP) is -1.78. The number of aliphatic hydroxyl groups excluding tert-OH is 1. The zero-order valence-corrected chi connectivity index (χ0v) is 19.1. The Morgan fingerprint density at radius 2 is 1.69 bits per heavy atom. The van der Waals surface area contributed by atoms with Crippen LogP contribution in [0, 0.1) is 5.92 Å². The Labute approximate surface area is 190 Å². The summed E-state index contributed by atoms with van der Waals surface area (Å²) in [5.74, 6) is -3.00. The van der Waals surface area contributed by atoms with Crippen LogP contribution in [0.15, 0.2) is 12.5 Å². The van der Waals surface area contributed by atoms with E-state index in [2.05, 4.69) is 25.9 Å². The average molecular weight is 473 g/mol. The van der Waals surface area contributed by atoms with Crippen molar-refractivity contribution in [2.45, 2.75) is 50.9 Å². The Hall–Kier alpha value is -2.64. The molecule has 0 aliphatic heterocycles. The van der Waals surface area contributed by atoms with Gasteiger partial charge in [-0.1, -0.05) is 13.8 Å². The third-order valence-corrected chi connectivity index (χ3v) is 5.32. The van der Waals surface area contributed by atoms with Gasteiger partial charge in [-0.05, 0) is 24.3 Å². The molecule has 0 aromatic carbocycles. The molecule has 0 aliphatic rings. The molecule has 13 heteroatoms. The summed E-state index contributed by atoms with van der Waals surface area (Å²) < 4.78 is 0. The van der Waals surface area contributed by atoms with Crippen molar-refractivity contribution in [1.29, 1.82) is 0 Å². The Balaban J connectivity index is 2.85. The number of carbonyl (C=O) groups is 4. The number of carboxylic acids is 1. The molecule has 0 radical (unpaired) electrons. The smallest absolute Gasteiger partial charge is 0.326 e. The molecule has 0 fully saturated rings. The molecule has 0 saturated heterocycles. The lowest BCUT2D eigenvalue weighted by atomic mass is 10.0. The van der Waals surface area contributed by atoms with Crippen molar-refractivity contribution >= 4 is 35.5 Å². The Bertz CT molecular complexity index is 759. The van der Waals surface area contributed by atoms with Crippen molar-refractivity contribution in [1.82, 2.24) is 25.9 Å². The first-order chi connectivity index (χ1) is 15.1. The number of carboxylic acid groups (broad SMARTS) is 1. The molecule has 0 bridgehead atoms. The first-order valence-electron chi connectivity index (χ1n) is 10.1. The SMILES string of the molecule is CSCCC(NC(=O)C(CO)NC(=O)C(N)C(C)C)C(=O)NC(Cc1cnc[nH]1)C(=O)O. The fourth-order valence-electron chi connectivity index (χ4n) is 2.63. The molecule has 1 aromatic heterocycles. The first-order valence-corrected chi connectivity index (χ1v) is 11.5. The number of rotatable bonds is 14. The lowest BCUT2D eigenvalue weighted by Gasteiger charge is -2.24. The van der Waals surface area contributed by atoms with Crippen LogP contribution in [0.3, 0.4) is 0 Å². The highest BCUT2D eigenvalue weighted by molar-refractivity contribution is 7.98. The number of nitrogens with two attached hydrogens (primary N) is 1. The van der Waals surface area contributed by atoms with Gasteiger partial charge in [0.1, 0.15) is 18.1 Å². The van der Waals surface area contributed by atoms with Crippen LogP contribution in [0.2, 0.25) is 0 Å². The summed E-state index contributed by atoms with van der Waals surface area (Å²) in [6.07, 6.45) is 4.86. The fraction of sp³-hybridized carbons (Fsp3) is 0.632. The van der Waals surface area contributed by atoms with E-state index < -0.39 is 54.5 Å². The number of aliphatic hydroxyl groups is 1. The van der Waals surface area contributed by atoms with Crippen molar-refractivity contribution in [3.05, 3.63) is 18.2 Å². The van der Waals surface area contributed by atoms with Gasteiger partial charge >= 0.3 is 5.97 Å². The third-order valence-electron chi connectivity index (χ3n) is 4.67. The summed E-state index contributed by atoms with van der Waals surface area (Å²) in [6, 6.07) is -4.49. The minimum atomic E-state index is -1.31. The summed E-state index contributed by atoms with van der Waals surface area (Å²) >= 11 is 1.44. The molecular weight excluding hydrogens is 440 g/mol. The normalized spacial score (nSPS) is 14.8. The summed E-state index contributed by atoms with van der Waals surface area (Å²) in [5, 5.41) is 26.3. The molecule has 4 unspecified atom stereocenters. The molecule has 0 aliphatic carbocycles. The van der Waals surface area contributed by atoms with Crippen LogP contribution in [-0.2, 0) is 25.6 Å². The minimum Gasteiger partial charge on any atom is -0.480 e. The maximum atomic E-state index is 12.8. The number of aromatic nitrogens is 2. The van der Waals surface area contributed by atoms with Crippen molar-refractivity contribution in [3.8, 4) is 0 Å². The molecule has 32 heavy (non-hydrogen) atoms. The lowest BCUT2D eigenvalue weighted by Crippen LogP contribution is -2.58. The first kappa shape index (κ1) is 27.4. The molecule has 1 heterocycles. The van der Waals surface area contributed by atoms with Gasteiger partial charge < -0.3 is 36.9 Å². The average Bonchev–Trinajstić information content (AvgIpc) is 3.26. The number of imidazole rings is 1. The van der Waals surface area contributed by atoms with Gasteiger partial charge in [0.05, 0.1) is 19.0 Å². The van der Waals surface area contributed by atoms with Gasteiger partial charge in [0.25, 0.3) is 0 Å². The number of H-pyrrole nitrogens is 1. The van der Waals surface area contributed by atoms with Crippen LogP contribution in [-0.4, -0.2) is 86.7 Å². The van der Waals surface area contributed by atoms with Crippen LogP contribution in [0.25, 0.3) is 0 Å². The second-order valence-corrected chi connectivity index (χ2v) is 8.52. The molecular formula is C19H32N6O6S. The molecule has 3 amide bonds. The number of amides is 3. The molecule has 0 spiro atoms. The number of hydrogen-bond acceptors (Lipinski definition) is 8. The number of aliphatic carboxylic acids is 1. The monoisotopic (exact) mass is 472 g/mol. The standard InChI is InChI=1S/C19H32N6O6S/c1-10(2)15(20)18(29)25-14(8-26)17(28)23-12(4-5-32-3)16(27)24-13(19(30)31)6-11-7-21-9-22-11/h7,9-10,12-15,26H,4-6,8,20H2,1-3H3,(H,21,22)(H,23,28)(H,24,27)(H,25,29)(H,30,31).